The zero-order valence-electron chi connectivity index (χ0n) is 9.18. The van der Waals surface area contributed by atoms with E-state index >= 15 is 0 Å². The van der Waals surface area contributed by atoms with Crippen molar-refractivity contribution in [2.45, 2.75) is 19.8 Å². The molecule has 4 nitrogen and oxygen atoms in total. The lowest BCUT2D eigenvalue weighted by atomic mass is 10.0. The van der Waals surface area contributed by atoms with Crippen LogP contribution in [-0.4, -0.2) is 20.2 Å². The molecule has 0 bridgehead atoms. The van der Waals surface area contributed by atoms with E-state index in [1.807, 2.05) is 19.2 Å². The minimum absolute atomic E-state index is 0.520. The smallest absolute Gasteiger partial charge is 0.181 e. The van der Waals surface area contributed by atoms with Crippen LogP contribution in [0.25, 0.3) is 11.4 Å². The van der Waals surface area contributed by atoms with Gasteiger partial charge in [0, 0.05) is 12.6 Å². The molecule has 1 aromatic carbocycles. The number of tetrazole rings is 1. The number of hydrogen-bond donors (Lipinski definition) is 0. The summed E-state index contributed by atoms with van der Waals surface area (Å²) in [4.78, 5) is 0. The van der Waals surface area contributed by atoms with Crippen LogP contribution in [0.15, 0.2) is 24.3 Å². The van der Waals surface area contributed by atoms with Gasteiger partial charge in [-0.25, -0.2) is 4.68 Å². The first kappa shape index (κ1) is 9.83. The molecule has 0 unspecified atom stereocenters. The molecular weight excluding hydrogens is 188 g/mol. The van der Waals surface area contributed by atoms with E-state index in [0.29, 0.717) is 5.92 Å². The van der Waals surface area contributed by atoms with Crippen molar-refractivity contribution >= 4 is 0 Å². The molecule has 0 aliphatic heterocycles. The molecule has 2 rings (SSSR count). The van der Waals surface area contributed by atoms with Crippen LogP contribution in [0.1, 0.15) is 25.3 Å². The molecule has 0 fully saturated rings. The van der Waals surface area contributed by atoms with Crippen molar-refractivity contribution in [1.82, 2.24) is 20.2 Å². The average Bonchev–Trinajstić information content (AvgIpc) is 2.64. The Morgan fingerprint density at radius 2 is 2.07 bits per heavy atom. The molecule has 4 heteroatoms. The van der Waals surface area contributed by atoms with Gasteiger partial charge in [0.15, 0.2) is 5.82 Å². The molecule has 0 saturated heterocycles. The van der Waals surface area contributed by atoms with Crippen LogP contribution in [0, 0.1) is 0 Å². The van der Waals surface area contributed by atoms with Crippen LogP contribution in [0.4, 0.5) is 0 Å². The summed E-state index contributed by atoms with van der Waals surface area (Å²) in [6.07, 6.45) is 0. The molecule has 0 aliphatic rings. The maximum absolute atomic E-state index is 3.99. The molecule has 2 aromatic rings. The second kappa shape index (κ2) is 3.81. The predicted molar refractivity (Wildman–Crippen MR) is 58.3 cm³/mol. The van der Waals surface area contributed by atoms with E-state index in [1.54, 1.807) is 4.68 Å². The van der Waals surface area contributed by atoms with E-state index in [1.165, 1.54) is 5.56 Å². The second-order valence-corrected chi connectivity index (χ2v) is 3.91. The normalized spacial score (nSPS) is 10.9. The first-order valence-electron chi connectivity index (χ1n) is 5.01. The molecular formula is C11H14N4. The summed E-state index contributed by atoms with van der Waals surface area (Å²) < 4.78 is 1.68. The van der Waals surface area contributed by atoms with Crippen LogP contribution in [0.5, 0.6) is 0 Å². The van der Waals surface area contributed by atoms with E-state index in [2.05, 4.69) is 41.5 Å². The van der Waals surface area contributed by atoms with Crippen molar-refractivity contribution in [1.29, 1.82) is 0 Å². The van der Waals surface area contributed by atoms with Gasteiger partial charge in [-0.05, 0) is 28.0 Å². The van der Waals surface area contributed by atoms with Crippen LogP contribution in [-0.2, 0) is 7.05 Å². The van der Waals surface area contributed by atoms with Gasteiger partial charge in [-0.15, -0.1) is 5.10 Å². The molecule has 0 aliphatic carbocycles. The maximum atomic E-state index is 3.99. The highest BCUT2D eigenvalue weighted by molar-refractivity contribution is 5.55. The fraction of sp³-hybridized carbons (Fsp3) is 0.364. The van der Waals surface area contributed by atoms with Gasteiger partial charge in [0.1, 0.15) is 0 Å². The van der Waals surface area contributed by atoms with Crippen molar-refractivity contribution in [2.24, 2.45) is 7.05 Å². The SMILES string of the molecule is CC(C)c1cccc(-c2nnnn2C)c1. The van der Waals surface area contributed by atoms with Crippen molar-refractivity contribution in [3.05, 3.63) is 29.8 Å². The molecule has 1 aromatic heterocycles. The van der Waals surface area contributed by atoms with Gasteiger partial charge in [0.2, 0.25) is 0 Å². The van der Waals surface area contributed by atoms with Gasteiger partial charge in [0.25, 0.3) is 0 Å². The first-order valence-corrected chi connectivity index (χ1v) is 5.01. The summed E-state index contributed by atoms with van der Waals surface area (Å²) in [7, 11) is 1.84. The highest BCUT2D eigenvalue weighted by atomic mass is 15.5. The summed E-state index contributed by atoms with van der Waals surface area (Å²) >= 11 is 0. The average molecular weight is 202 g/mol. The Kier molecular flexibility index (Phi) is 2.49. The quantitative estimate of drug-likeness (QED) is 0.748. The highest BCUT2D eigenvalue weighted by Gasteiger charge is 2.07. The van der Waals surface area contributed by atoms with Crippen molar-refractivity contribution in [3.63, 3.8) is 0 Å². The number of benzene rings is 1. The van der Waals surface area contributed by atoms with Gasteiger partial charge in [-0.1, -0.05) is 32.0 Å². The zero-order valence-corrected chi connectivity index (χ0v) is 9.18. The molecule has 1 heterocycles. The lowest BCUT2D eigenvalue weighted by Gasteiger charge is -2.06. The molecule has 78 valence electrons. The highest BCUT2D eigenvalue weighted by Crippen LogP contribution is 2.21. The summed E-state index contributed by atoms with van der Waals surface area (Å²) in [5.41, 5.74) is 2.37. The van der Waals surface area contributed by atoms with Gasteiger partial charge >= 0.3 is 0 Å². The Bertz CT molecular complexity index is 459. The van der Waals surface area contributed by atoms with Gasteiger partial charge in [-0.3, -0.25) is 0 Å². The second-order valence-electron chi connectivity index (χ2n) is 3.91. The third-order valence-corrected chi connectivity index (χ3v) is 2.43. The van der Waals surface area contributed by atoms with Gasteiger partial charge in [-0.2, -0.15) is 0 Å². The summed E-state index contributed by atoms with van der Waals surface area (Å²) in [6.45, 7) is 4.35. The molecule has 0 N–H and O–H groups in total. The minimum Gasteiger partial charge on any atom is -0.229 e. The number of rotatable bonds is 2. The largest absolute Gasteiger partial charge is 0.229 e. The molecule has 15 heavy (non-hydrogen) atoms. The zero-order chi connectivity index (χ0) is 10.8. The van der Waals surface area contributed by atoms with Gasteiger partial charge < -0.3 is 0 Å². The number of nitrogens with zero attached hydrogens (tertiary/aromatic N) is 4. The molecule has 0 atom stereocenters. The Morgan fingerprint density at radius 1 is 1.27 bits per heavy atom. The first-order chi connectivity index (χ1) is 7.18. The van der Waals surface area contributed by atoms with Crippen molar-refractivity contribution < 1.29 is 0 Å². The predicted octanol–water partition coefficient (Wildman–Crippen LogP) is 2.00. The standard InChI is InChI=1S/C11H14N4/c1-8(2)9-5-4-6-10(7-9)11-12-13-14-15(11)3/h4-8H,1-3H3. The lowest BCUT2D eigenvalue weighted by molar-refractivity contribution is 0.714. The topological polar surface area (TPSA) is 43.6 Å². The molecule has 0 saturated carbocycles. The molecule has 0 amide bonds. The minimum atomic E-state index is 0.520. The van der Waals surface area contributed by atoms with Crippen LogP contribution in [0.3, 0.4) is 0 Å². The molecule has 0 radical (unpaired) electrons. The van der Waals surface area contributed by atoms with E-state index in [9.17, 15) is 0 Å². The van der Waals surface area contributed by atoms with E-state index in [4.69, 9.17) is 0 Å². The molecule has 0 spiro atoms. The monoisotopic (exact) mass is 202 g/mol. The number of hydrogen-bond acceptors (Lipinski definition) is 3. The Balaban J connectivity index is 2.46. The van der Waals surface area contributed by atoms with Crippen molar-refractivity contribution in [3.8, 4) is 11.4 Å². The summed E-state index contributed by atoms with van der Waals surface area (Å²) in [5.74, 6) is 1.32. The van der Waals surface area contributed by atoms with Crippen molar-refractivity contribution in [2.75, 3.05) is 0 Å². The maximum Gasteiger partial charge on any atom is 0.181 e. The van der Waals surface area contributed by atoms with E-state index < -0.39 is 0 Å². The van der Waals surface area contributed by atoms with Gasteiger partial charge in [0.05, 0.1) is 0 Å². The third-order valence-electron chi connectivity index (χ3n) is 2.43. The van der Waals surface area contributed by atoms with Crippen LogP contribution < -0.4 is 0 Å². The lowest BCUT2D eigenvalue weighted by Crippen LogP contribution is -1.95. The van der Waals surface area contributed by atoms with E-state index in [-0.39, 0.29) is 0 Å². The Hall–Kier alpha value is -1.71. The Labute approximate surface area is 88.9 Å². The number of aryl methyl sites for hydroxylation is 1. The number of aromatic nitrogens is 4. The fourth-order valence-corrected chi connectivity index (χ4v) is 1.51. The van der Waals surface area contributed by atoms with E-state index in [0.717, 1.165) is 11.4 Å². The fourth-order valence-electron chi connectivity index (χ4n) is 1.51. The van der Waals surface area contributed by atoms with Crippen LogP contribution >= 0.6 is 0 Å². The van der Waals surface area contributed by atoms with Crippen LogP contribution in [0.2, 0.25) is 0 Å². The third kappa shape index (κ3) is 1.88. The summed E-state index contributed by atoms with van der Waals surface area (Å²) in [6, 6.07) is 8.32. The Morgan fingerprint density at radius 3 is 2.67 bits per heavy atom. The summed E-state index contributed by atoms with van der Waals surface area (Å²) in [5, 5.41) is 11.4.